The van der Waals surface area contributed by atoms with E-state index in [4.69, 9.17) is 0 Å². The van der Waals surface area contributed by atoms with Gasteiger partial charge in [0.1, 0.15) is 5.75 Å². The van der Waals surface area contributed by atoms with Gasteiger partial charge in [-0.25, -0.2) is 0 Å². The lowest BCUT2D eigenvalue weighted by atomic mass is 10.1. The van der Waals surface area contributed by atoms with E-state index in [1.165, 1.54) is 19.1 Å². The van der Waals surface area contributed by atoms with Crippen molar-refractivity contribution in [2.75, 3.05) is 0 Å². The SMILES string of the molecule is Cc1ccc(C)c(OC(F)(F)C(F)F)c1. The van der Waals surface area contributed by atoms with Crippen molar-refractivity contribution in [2.24, 2.45) is 0 Å². The number of halogens is 4. The highest BCUT2D eigenvalue weighted by Gasteiger charge is 2.44. The van der Waals surface area contributed by atoms with Crippen molar-refractivity contribution in [3.05, 3.63) is 29.3 Å². The molecule has 1 nitrogen and oxygen atoms in total. The molecule has 0 saturated heterocycles. The molecule has 0 radical (unpaired) electrons. The minimum atomic E-state index is -4.45. The van der Waals surface area contributed by atoms with Crippen LogP contribution in [0.25, 0.3) is 0 Å². The zero-order valence-corrected chi connectivity index (χ0v) is 8.23. The van der Waals surface area contributed by atoms with Crippen molar-refractivity contribution in [1.82, 2.24) is 0 Å². The smallest absolute Gasteiger partial charge is 0.428 e. The first-order valence-electron chi connectivity index (χ1n) is 4.25. The van der Waals surface area contributed by atoms with Crippen LogP contribution in [0.15, 0.2) is 18.2 Å². The van der Waals surface area contributed by atoms with Crippen LogP contribution in [-0.4, -0.2) is 12.5 Å². The summed E-state index contributed by atoms with van der Waals surface area (Å²) in [6.07, 6.45) is -8.28. The Morgan fingerprint density at radius 3 is 2.33 bits per heavy atom. The van der Waals surface area contributed by atoms with Crippen LogP contribution in [0.1, 0.15) is 11.1 Å². The molecule has 0 amide bonds. The van der Waals surface area contributed by atoms with Crippen LogP contribution in [0.2, 0.25) is 0 Å². The highest BCUT2D eigenvalue weighted by molar-refractivity contribution is 5.36. The first-order valence-corrected chi connectivity index (χ1v) is 4.25. The molecule has 1 aromatic carbocycles. The predicted molar refractivity (Wildman–Crippen MR) is 47.5 cm³/mol. The molecule has 0 aliphatic rings. The molecule has 5 heteroatoms. The molecule has 0 spiro atoms. The summed E-state index contributed by atoms with van der Waals surface area (Å²) in [6, 6.07) is 4.51. The van der Waals surface area contributed by atoms with Crippen LogP contribution in [0.5, 0.6) is 5.75 Å². The molecule has 0 aliphatic heterocycles. The molecule has 15 heavy (non-hydrogen) atoms. The first kappa shape index (κ1) is 11.8. The van der Waals surface area contributed by atoms with Gasteiger partial charge in [0, 0.05) is 0 Å². The van der Waals surface area contributed by atoms with E-state index in [0.29, 0.717) is 11.1 Å². The van der Waals surface area contributed by atoms with Crippen LogP contribution in [0.3, 0.4) is 0 Å². The molecule has 0 atom stereocenters. The second-order valence-electron chi connectivity index (χ2n) is 3.23. The van der Waals surface area contributed by atoms with Gasteiger partial charge in [-0.1, -0.05) is 12.1 Å². The molecule has 1 rings (SSSR count). The molecule has 0 N–H and O–H groups in total. The summed E-state index contributed by atoms with van der Waals surface area (Å²) in [4.78, 5) is 0. The molecular formula is C10H10F4O. The molecule has 0 aliphatic carbocycles. The Morgan fingerprint density at radius 1 is 1.20 bits per heavy atom. The molecule has 0 unspecified atom stereocenters. The molecule has 0 aromatic heterocycles. The Balaban J connectivity index is 2.94. The van der Waals surface area contributed by atoms with Crippen molar-refractivity contribution in [1.29, 1.82) is 0 Å². The van der Waals surface area contributed by atoms with Crippen molar-refractivity contribution < 1.29 is 22.3 Å². The summed E-state index contributed by atoms with van der Waals surface area (Å²) in [7, 11) is 0. The number of ether oxygens (including phenoxy) is 1. The van der Waals surface area contributed by atoms with Gasteiger partial charge in [0.15, 0.2) is 0 Å². The summed E-state index contributed by atoms with van der Waals surface area (Å²) in [5.41, 5.74) is 1.06. The maximum atomic E-state index is 12.6. The number of hydrogen-bond acceptors (Lipinski definition) is 1. The first-order chi connectivity index (χ1) is 6.83. The average Bonchev–Trinajstić information content (AvgIpc) is 2.10. The van der Waals surface area contributed by atoms with Gasteiger partial charge in [-0.2, -0.15) is 17.6 Å². The second-order valence-corrected chi connectivity index (χ2v) is 3.23. The summed E-state index contributed by atoms with van der Waals surface area (Å²) in [5.74, 6) is -0.222. The fourth-order valence-electron chi connectivity index (χ4n) is 1.01. The van der Waals surface area contributed by atoms with Gasteiger partial charge in [0.25, 0.3) is 0 Å². The molecule has 84 valence electrons. The van der Waals surface area contributed by atoms with Gasteiger partial charge in [-0.3, -0.25) is 0 Å². The van der Waals surface area contributed by atoms with Gasteiger partial charge in [-0.05, 0) is 31.0 Å². The number of aryl methyl sites for hydroxylation is 2. The monoisotopic (exact) mass is 222 g/mol. The Morgan fingerprint density at radius 2 is 1.80 bits per heavy atom. The van der Waals surface area contributed by atoms with E-state index in [9.17, 15) is 17.6 Å². The minimum absolute atomic E-state index is 0.222. The van der Waals surface area contributed by atoms with Crippen molar-refractivity contribution in [3.63, 3.8) is 0 Å². The number of benzene rings is 1. The van der Waals surface area contributed by atoms with Gasteiger partial charge >= 0.3 is 12.5 Å². The zero-order valence-electron chi connectivity index (χ0n) is 8.23. The summed E-state index contributed by atoms with van der Waals surface area (Å²) in [6.45, 7) is 3.17. The molecule has 0 bridgehead atoms. The molecular weight excluding hydrogens is 212 g/mol. The number of hydrogen-bond donors (Lipinski definition) is 0. The largest absolute Gasteiger partial charge is 0.461 e. The highest BCUT2D eigenvalue weighted by atomic mass is 19.3. The maximum absolute atomic E-state index is 12.6. The van der Waals surface area contributed by atoms with Crippen LogP contribution < -0.4 is 4.74 Å². The summed E-state index contributed by atoms with van der Waals surface area (Å²) >= 11 is 0. The Bertz CT molecular complexity index is 349. The molecule has 0 saturated carbocycles. The van der Waals surface area contributed by atoms with E-state index >= 15 is 0 Å². The number of rotatable bonds is 3. The third-order valence-electron chi connectivity index (χ3n) is 1.84. The topological polar surface area (TPSA) is 9.23 Å². The second kappa shape index (κ2) is 4.08. The predicted octanol–water partition coefficient (Wildman–Crippen LogP) is 3.54. The van der Waals surface area contributed by atoms with Gasteiger partial charge in [-0.15, -0.1) is 0 Å². The summed E-state index contributed by atoms with van der Waals surface area (Å²) in [5, 5.41) is 0. The van der Waals surface area contributed by atoms with Gasteiger partial charge in [0.05, 0.1) is 0 Å². The Labute approximate surface area is 84.7 Å². The van der Waals surface area contributed by atoms with Crippen molar-refractivity contribution in [2.45, 2.75) is 26.4 Å². The third-order valence-corrected chi connectivity index (χ3v) is 1.84. The fraction of sp³-hybridized carbons (Fsp3) is 0.400. The fourth-order valence-corrected chi connectivity index (χ4v) is 1.01. The minimum Gasteiger partial charge on any atom is -0.428 e. The van der Waals surface area contributed by atoms with E-state index in [1.807, 2.05) is 0 Å². The van der Waals surface area contributed by atoms with Crippen LogP contribution in [0, 0.1) is 13.8 Å². The van der Waals surface area contributed by atoms with E-state index in [1.54, 1.807) is 13.0 Å². The van der Waals surface area contributed by atoms with Crippen LogP contribution >= 0.6 is 0 Å². The van der Waals surface area contributed by atoms with Gasteiger partial charge in [0.2, 0.25) is 0 Å². The quantitative estimate of drug-likeness (QED) is 0.711. The van der Waals surface area contributed by atoms with E-state index in [2.05, 4.69) is 4.74 Å². The Hall–Kier alpha value is -1.26. The summed E-state index contributed by atoms with van der Waals surface area (Å²) < 4.78 is 52.8. The molecule has 1 aromatic rings. The lowest BCUT2D eigenvalue weighted by Crippen LogP contribution is -2.33. The van der Waals surface area contributed by atoms with E-state index in [0.717, 1.165) is 0 Å². The average molecular weight is 222 g/mol. The highest BCUT2D eigenvalue weighted by Crippen LogP contribution is 2.29. The van der Waals surface area contributed by atoms with Crippen molar-refractivity contribution in [3.8, 4) is 5.75 Å². The molecule has 0 fully saturated rings. The van der Waals surface area contributed by atoms with Crippen LogP contribution in [-0.2, 0) is 0 Å². The standard InChI is InChI=1S/C10H10F4O/c1-6-3-4-7(2)8(5-6)15-10(13,14)9(11)12/h3-5,9H,1-2H3. The third kappa shape index (κ3) is 2.84. The van der Waals surface area contributed by atoms with Crippen LogP contribution in [0.4, 0.5) is 17.6 Å². The zero-order chi connectivity index (χ0) is 11.6. The maximum Gasteiger partial charge on any atom is 0.461 e. The normalized spacial score (nSPS) is 11.9. The lowest BCUT2D eigenvalue weighted by Gasteiger charge is -2.18. The lowest BCUT2D eigenvalue weighted by molar-refractivity contribution is -0.253. The molecule has 0 heterocycles. The van der Waals surface area contributed by atoms with Crippen molar-refractivity contribution >= 4 is 0 Å². The van der Waals surface area contributed by atoms with E-state index in [-0.39, 0.29) is 5.75 Å². The van der Waals surface area contributed by atoms with Gasteiger partial charge < -0.3 is 4.74 Å². The Kier molecular flexibility index (Phi) is 3.21. The van der Waals surface area contributed by atoms with E-state index < -0.39 is 12.5 Å². The number of alkyl halides is 4.